The van der Waals surface area contributed by atoms with Crippen molar-refractivity contribution in [3.05, 3.63) is 35.9 Å². The van der Waals surface area contributed by atoms with Gasteiger partial charge in [0.15, 0.2) is 17.5 Å². The Morgan fingerprint density at radius 3 is 2.48 bits per heavy atom. The minimum absolute atomic E-state index is 0. The van der Waals surface area contributed by atoms with Gasteiger partial charge in [-0.25, -0.2) is 4.99 Å². The van der Waals surface area contributed by atoms with Crippen molar-refractivity contribution >= 4 is 35.8 Å². The van der Waals surface area contributed by atoms with E-state index in [0.717, 1.165) is 18.7 Å². The van der Waals surface area contributed by atoms with Gasteiger partial charge in [0.2, 0.25) is 5.91 Å². The number of benzene rings is 1. The molecule has 0 saturated carbocycles. The first-order valence-electron chi connectivity index (χ1n) is 8.58. The minimum Gasteiger partial charge on any atom is -0.493 e. The van der Waals surface area contributed by atoms with Gasteiger partial charge < -0.3 is 24.6 Å². The van der Waals surface area contributed by atoms with E-state index in [1.165, 1.54) is 16.0 Å². The lowest BCUT2D eigenvalue weighted by molar-refractivity contribution is -0.127. The molecule has 0 spiro atoms. The number of amides is 1. The molecular formula is C19H29IN4O3. The quantitative estimate of drug-likeness (QED) is 0.287. The summed E-state index contributed by atoms with van der Waals surface area (Å²) in [6.45, 7) is 5.93. The Labute approximate surface area is 178 Å². The molecule has 1 heterocycles. The van der Waals surface area contributed by atoms with Crippen molar-refractivity contribution < 1.29 is 14.3 Å². The van der Waals surface area contributed by atoms with Gasteiger partial charge in [0, 0.05) is 33.7 Å². The molecule has 1 aliphatic heterocycles. The molecule has 0 unspecified atom stereocenters. The van der Waals surface area contributed by atoms with Gasteiger partial charge in [-0.2, -0.15) is 0 Å². The van der Waals surface area contributed by atoms with E-state index < -0.39 is 0 Å². The van der Waals surface area contributed by atoms with Gasteiger partial charge in [-0.05, 0) is 29.7 Å². The predicted octanol–water partition coefficient (Wildman–Crippen LogP) is 1.90. The highest BCUT2D eigenvalue weighted by Gasteiger charge is 2.22. The lowest BCUT2D eigenvalue weighted by Gasteiger charge is -2.32. The number of carbonyl (C=O) groups excluding carboxylic acids is 1. The molecule has 0 aromatic heterocycles. The summed E-state index contributed by atoms with van der Waals surface area (Å²) >= 11 is 0. The summed E-state index contributed by atoms with van der Waals surface area (Å²) in [5, 5.41) is 3.25. The number of fused-ring (bicyclic) bond motifs is 1. The zero-order chi connectivity index (χ0) is 19.1. The summed E-state index contributed by atoms with van der Waals surface area (Å²) in [5.41, 5.74) is 2.41. The van der Waals surface area contributed by atoms with E-state index in [0.29, 0.717) is 24.8 Å². The highest BCUT2D eigenvalue weighted by Crippen LogP contribution is 2.33. The Morgan fingerprint density at radius 2 is 1.93 bits per heavy atom. The summed E-state index contributed by atoms with van der Waals surface area (Å²) in [5.74, 6) is 2.13. The number of nitrogens with one attached hydrogen (secondary N) is 1. The molecule has 0 atom stereocenters. The van der Waals surface area contributed by atoms with Crippen LogP contribution in [-0.4, -0.2) is 69.6 Å². The maximum absolute atomic E-state index is 11.9. The topological polar surface area (TPSA) is 66.4 Å². The molecule has 1 aromatic carbocycles. The number of aliphatic imine (C=N–C) groups is 1. The van der Waals surface area contributed by atoms with Gasteiger partial charge in [-0.3, -0.25) is 4.79 Å². The van der Waals surface area contributed by atoms with Crippen LogP contribution in [0.4, 0.5) is 0 Å². The number of halogens is 1. The van der Waals surface area contributed by atoms with Crippen LogP contribution in [-0.2, 0) is 17.8 Å². The fraction of sp³-hybridized carbons (Fsp3) is 0.474. The molecule has 7 nitrogen and oxygen atoms in total. The Hall–Kier alpha value is -1.97. The van der Waals surface area contributed by atoms with Crippen molar-refractivity contribution in [2.75, 3.05) is 47.9 Å². The number of guanidine groups is 1. The van der Waals surface area contributed by atoms with Crippen LogP contribution in [0.1, 0.15) is 11.1 Å². The van der Waals surface area contributed by atoms with E-state index in [9.17, 15) is 4.79 Å². The first-order chi connectivity index (χ1) is 12.5. The van der Waals surface area contributed by atoms with Crippen LogP contribution >= 0.6 is 24.0 Å². The molecule has 0 aliphatic carbocycles. The van der Waals surface area contributed by atoms with Crippen LogP contribution in [0, 0.1) is 0 Å². The van der Waals surface area contributed by atoms with Gasteiger partial charge in [0.1, 0.15) is 6.54 Å². The van der Waals surface area contributed by atoms with E-state index in [4.69, 9.17) is 9.47 Å². The van der Waals surface area contributed by atoms with E-state index >= 15 is 0 Å². The van der Waals surface area contributed by atoms with E-state index in [1.54, 1.807) is 34.4 Å². The van der Waals surface area contributed by atoms with Gasteiger partial charge in [0.25, 0.3) is 0 Å². The predicted molar refractivity (Wildman–Crippen MR) is 118 cm³/mol. The summed E-state index contributed by atoms with van der Waals surface area (Å²) in [4.78, 5) is 20.0. The smallest absolute Gasteiger partial charge is 0.243 e. The molecule has 27 heavy (non-hydrogen) atoms. The van der Waals surface area contributed by atoms with Crippen molar-refractivity contribution in [2.24, 2.45) is 4.99 Å². The molecular weight excluding hydrogens is 459 g/mol. The van der Waals surface area contributed by atoms with Gasteiger partial charge in [0.05, 0.1) is 14.2 Å². The van der Waals surface area contributed by atoms with Crippen molar-refractivity contribution in [1.82, 2.24) is 15.1 Å². The molecule has 1 amide bonds. The average molecular weight is 488 g/mol. The second-order valence-corrected chi connectivity index (χ2v) is 6.25. The van der Waals surface area contributed by atoms with Crippen LogP contribution < -0.4 is 14.8 Å². The molecule has 150 valence electrons. The highest BCUT2D eigenvalue weighted by atomic mass is 127. The number of ether oxygens (including phenoxy) is 2. The van der Waals surface area contributed by atoms with Gasteiger partial charge in [-0.15, -0.1) is 30.6 Å². The average Bonchev–Trinajstić information content (AvgIpc) is 2.66. The largest absolute Gasteiger partial charge is 0.493 e. The lowest BCUT2D eigenvalue weighted by atomic mass is 9.99. The van der Waals surface area contributed by atoms with E-state index in [2.05, 4.69) is 21.8 Å². The van der Waals surface area contributed by atoms with Crippen LogP contribution in [0.3, 0.4) is 0 Å². The molecule has 0 saturated heterocycles. The molecule has 0 bridgehead atoms. The number of hydrogen-bond acceptors (Lipinski definition) is 4. The summed E-state index contributed by atoms with van der Waals surface area (Å²) in [6.07, 6.45) is 2.64. The second-order valence-electron chi connectivity index (χ2n) is 6.25. The summed E-state index contributed by atoms with van der Waals surface area (Å²) in [6, 6.07) is 4.05. The molecule has 1 aromatic rings. The van der Waals surface area contributed by atoms with Crippen molar-refractivity contribution in [1.29, 1.82) is 0 Å². The monoisotopic (exact) mass is 488 g/mol. The molecule has 1 aliphatic rings. The van der Waals surface area contributed by atoms with Crippen LogP contribution in [0.15, 0.2) is 29.8 Å². The first kappa shape index (κ1) is 23.1. The number of carbonyl (C=O) groups is 1. The zero-order valence-electron chi connectivity index (χ0n) is 16.4. The maximum atomic E-state index is 11.9. The van der Waals surface area contributed by atoms with Crippen molar-refractivity contribution in [3.63, 3.8) is 0 Å². The Balaban J connectivity index is 0.00000364. The van der Waals surface area contributed by atoms with Crippen LogP contribution in [0.5, 0.6) is 11.5 Å². The van der Waals surface area contributed by atoms with Gasteiger partial charge >= 0.3 is 0 Å². The summed E-state index contributed by atoms with van der Waals surface area (Å²) < 4.78 is 10.8. The van der Waals surface area contributed by atoms with Crippen LogP contribution in [0.25, 0.3) is 0 Å². The number of methoxy groups -OCH3 is 2. The highest BCUT2D eigenvalue weighted by molar-refractivity contribution is 14.0. The normalized spacial score (nSPS) is 13.2. The summed E-state index contributed by atoms with van der Waals surface area (Å²) in [7, 11) is 6.73. The second kappa shape index (κ2) is 11.0. The Morgan fingerprint density at radius 1 is 1.30 bits per heavy atom. The third-order valence-corrected chi connectivity index (χ3v) is 4.28. The SMILES string of the molecule is C=CCNC(=NCC(=O)N(C)C)N1CCc2cc(OC)c(OC)cc2C1.I. The number of likely N-dealkylation sites (N-methyl/N-ethyl adjacent to an activating group) is 1. The fourth-order valence-electron chi connectivity index (χ4n) is 2.78. The van der Waals surface area contributed by atoms with E-state index in [-0.39, 0.29) is 36.4 Å². The molecule has 0 fully saturated rings. The first-order valence-corrected chi connectivity index (χ1v) is 8.58. The zero-order valence-corrected chi connectivity index (χ0v) is 18.8. The third-order valence-electron chi connectivity index (χ3n) is 4.28. The Kier molecular flexibility index (Phi) is 9.40. The molecule has 1 N–H and O–H groups in total. The minimum atomic E-state index is -0.0354. The third kappa shape index (κ3) is 6.02. The Bertz CT molecular complexity index is 692. The van der Waals surface area contributed by atoms with Crippen molar-refractivity contribution in [2.45, 2.75) is 13.0 Å². The van der Waals surface area contributed by atoms with E-state index in [1.807, 2.05) is 12.1 Å². The number of rotatable bonds is 6. The number of nitrogens with zero attached hydrogens (tertiary/aromatic N) is 3. The number of hydrogen-bond donors (Lipinski definition) is 1. The molecule has 8 heteroatoms. The van der Waals surface area contributed by atoms with Crippen LogP contribution in [0.2, 0.25) is 0 Å². The van der Waals surface area contributed by atoms with Crippen molar-refractivity contribution in [3.8, 4) is 11.5 Å². The standard InChI is InChI=1S/C19H28N4O3.HI/c1-6-8-20-19(21-12-18(24)22(2)3)23-9-7-14-10-16(25-4)17(26-5)11-15(14)13-23;/h6,10-11H,1,7-9,12-13H2,2-5H3,(H,20,21);1H. The van der Waals surface area contributed by atoms with Gasteiger partial charge in [-0.1, -0.05) is 6.08 Å². The fourth-order valence-corrected chi connectivity index (χ4v) is 2.78. The lowest BCUT2D eigenvalue weighted by Crippen LogP contribution is -2.44. The molecule has 2 rings (SSSR count). The molecule has 0 radical (unpaired) electrons. The maximum Gasteiger partial charge on any atom is 0.243 e.